The number of benzene rings is 1. The summed E-state index contributed by atoms with van der Waals surface area (Å²) in [7, 11) is 0. The summed E-state index contributed by atoms with van der Waals surface area (Å²) in [6.45, 7) is 0.532. The van der Waals surface area contributed by atoms with E-state index in [1.165, 1.54) is 0 Å². The first kappa shape index (κ1) is 16.4. The third-order valence-electron chi connectivity index (χ3n) is 3.53. The van der Waals surface area contributed by atoms with Gasteiger partial charge in [0.25, 0.3) is 0 Å². The Labute approximate surface area is 123 Å². The molecule has 2 atom stereocenters. The minimum atomic E-state index is -2.54. The quantitative estimate of drug-likeness (QED) is 0.733. The normalized spacial score (nSPS) is 18.3. The molecule has 1 fully saturated rings. The lowest BCUT2D eigenvalue weighted by Crippen LogP contribution is -2.30. The van der Waals surface area contributed by atoms with Crippen LogP contribution in [0.1, 0.15) is 23.5 Å². The number of halogens is 2. The van der Waals surface area contributed by atoms with Gasteiger partial charge in [-0.05, 0) is 24.1 Å². The number of hydrogen-bond donors (Lipinski definition) is 2. The standard InChI is InChI=1S/C13H17F2NO4S/c14-12-3-11(10(5-17)1-8-6-20-7-8)13(15)2-9(12)4-16-21(18)19/h2-3,8,10,16-17H,1,4-7H2,(H,18,19)/p-1. The van der Waals surface area contributed by atoms with Crippen LogP contribution in [0.4, 0.5) is 8.78 Å². The molecule has 2 rings (SSSR count). The smallest absolute Gasteiger partial charge is 0.128 e. The van der Waals surface area contributed by atoms with Crippen molar-refractivity contribution in [1.82, 2.24) is 4.72 Å². The molecular weight excluding hydrogens is 304 g/mol. The van der Waals surface area contributed by atoms with Crippen LogP contribution in [0.2, 0.25) is 0 Å². The molecule has 0 aliphatic carbocycles. The lowest BCUT2D eigenvalue weighted by molar-refractivity contribution is -0.0406. The van der Waals surface area contributed by atoms with Gasteiger partial charge >= 0.3 is 0 Å². The first-order chi connectivity index (χ1) is 10.0. The highest BCUT2D eigenvalue weighted by atomic mass is 32.2. The van der Waals surface area contributed by atoms with Crippen molar-refractivity contribution in [2.45, 2.75) is 18.9 Å². The third kappa shape index (κ3) is 4.27. The second kappa shape index (κ2) is 7.37. The SMILES string of the molecule is O=S([O-])NCc1cc(F)c(C(CO)CC2COC2)cc1F. The minimum Gasteiger partial charge on any atom is -0.760 e. The summed E-state index contributed by atoms with van der Waals surface area (Å²) >= 11 is -2.54. The van der Waals surface area contributed by atoms with E-state index in [0.29, 0.717) is 19.6 Å². The number of nitrogens with one attached hydrogen (secondary N) is 1. The second-order valence-corrected chi connectivity index (χ2v) is 5.80. The topological polar surface area (TPSA) is 81.6 Å². The fourth-order valence-electron chi connectivity index (χ4n) is 2.31. The van der Waals surface area contributed by atoms with Crippen LogP contribution in [0, 0.1) is 17.6 Å². The van der Waals surface area contributed by atoms with Gasteiger partial charge in [0.1, 0.15) is 11.6 Å². The van der Waals surface area contributed by atoms with E-state index in [2.05, 4.69) is 0 Å². The number of hydrogen-bond acceptors (Lipinski definition) is 4. The Kier molecular flexibility index (Phi) is 5.77. The molecule has 0 bridgehead atoms. The van der Waals surface area contributed by atoms with Crippen LogP contribution in [0.25, 0.3) is 0 Å². The Hall–Kier alpha value is -0.930. The fourth-order valence-corrected chi connectivity index (χ4v) is 2.58. The molecule has 1 saturated heterocycles. The summed E-state index contributed by atoms with van der Waals surface area (Å²) in [4.78, 5) is 0. The van der Waals surface area contributed by atoms with Gasteiger partial charge in [-0.3, -0.25) is 4.21 Å². The number of ether oxygens (including phenoxy) is 1. The average molecular weight is 320 g/mol. The van der Waals surface area contributed by atoms with E-state index in [-0.39, 0.29) is 30.2 Å². The van der Waals surface area contributed by atoms with Gasteiger partial charge in [0.05, 0.1) is 19.8 Å². The first-order valence-electron chi connectivity index (χ1n) is 6.50. The van der Waals surface area contributed by atoms with Crippen LogP contribution in [-0.2, 0) is 22.5 Å². The molecule has 0 spiro atoms. The zero-order valence-electron chi connectivity index (χ0n) is 11.2. The summed E-state index contributed by atoms with van der Waals surface area (Å²) in [5, 5.41) is 9.38. The molecule has 2 N–H and O–H groups in total. The van der Waals surface area contributed by atoms with Crippen LogP contribution < -0.4 is 4.72 Å². The molecular formula is C13H16F2NO4S-. The van der Waals surface area contributed by atoms with Gasteiger partial charge in [0.2, 0.25) is 0 Å². The molecule has 8 heteroatoms. The number of aliphatic hydroxyl groups is 1. The molecule has 21 heavy (non-hydrogen) atoms. The van der Waals surface area contributed by atoms with E-state index < -0.39 is 28.8 Å². The van der Waals surface area contributed by atoms with Crippen LogP contribution in [0.5, 0.6) is 0 Å². The highest BCUT2D eigenvalue weighted by molar-refractivity contribution is 7.77. The highest BCUT2D eigenvalue weighted by Crippen LogP contribution is 2.30. The Morgan fingerprint density at radius 1 is 1.43 bits per heavy atom. The molecule has 1 aromatic rings. The predicted octanol–water partition coefficient (Wildman–Crippen LogP) is 0.961. The average Bonchev–Trinajstić information content (AvgIpc) is 2.39. The molecule has 0 aromatic heterocycles. The van der Waals surface area contributed by atoms with Gasteiger partial charge in [-0.15, -0.1) is 0 Å². The van der Waals surface area contributed by atoms with E-state index in [1.807, 2.05) is 4.72 Å². The molecule has 1 aromatic carbocycles. The predicted molar refractivity (Wildman–Crippen MR) is 70.9 cm³/mol. The molecule has 0 saturated carbocycles. The Bertz CT molecular complexity index is 525. The van der Waals surface area contributed by atoms with Crippen molar-refractivity contribution >= 4 is 11.3 Å². The third-order valence-corrected chi connectivity index (χ3v) is 3.91. The van der Waals surface area contributed by atoms with Gasteiger partial charge in [-0.25, -0.2) is 13.5 Å². The van der Waals surface area contributed by atoms with Crippen molar-refractivity contribution in [1.29, 1.82) is 0 Å². The van der Waals surface area contributed by atoms with E-state index in [0.717, 1.165) is 12.1 Å². The Morgan fingerprint density at radius 3 is 2.67 bits per heavy atom. The summed E-state index contributed by atoms with van der Waals surface area (Å²) in [6.07, 6.45) is 0.523. The van der Waals surface area contributed by atoms with Crippen molar-refractivity contribution in [2.24, 2.45) is 5.92 Å². The van der Waals surface area contributed by atoms with E-state index >= 15 is 0 Å². The monoisotopic (exact) mass is 320 g/mol. The van der Waals surface area contributed by atoms with Crippen molar-refractivity contribution in [3.63, 3.8) is 0 Å². The molecule has 1 aliphatic heterocycles. The summed E-state index contributed by atoms with van der Waals surface area (Å²) in [5.41, 5.74) is 0.0259. The maximum absolute atomic E-state index is 14.1. The Balaban J connectivity index is 2.14. The molecule has 118 valence electrons. The number of aliphatic hydroxyl groups excluding tert-OH is 1. The maximum atomic E-state index is 14.1. The van der Waals surface area contributed by atoms with Gasteiger partial charge in [0.15, 0.2) is 0 Å². The highest BCUT2D eigenvalue weighted by Gasteiger charge is 2.26. The summed E-state index contributed by atoms with van der Waals surface area (Å²) in [5.74, 6) is -1.60. The molecule has 1 aliphatic rings. The maximum Gasteiger partial charge on any atom is 0.128 e. The van der Waals surface area contributed by atoms with Gasteiger partial charge in [0, 0.05) is 35.2 Å². The molecule has 0 radical (unpaired) electrons. The van der Waals surface area contributed by atoms with E-state index in [1.54, 1.807) is 0 Å². The lowest BCUT2D eigenvalue weighted by Gasteiger charge is -2.29. The molecule has 5 nitrogen and oxygen atoms in total. The van der Waals surface area contributed by atoms with Crippen molar-refractivity contribution in [3.8, 4) is 0 Å². The van der Waals surface area contributed by atoms with Crippen molar-refractivity contribution < 1.29 is 27.4 Å². The Morgan fingerprint density at radius 2 is 2.14 bits per heavy atom. The van der Waals surface area contributed by atoms with Crippen LogP contribution in [0.15, 0.2) is 12.1 Å². The van der Waals surface area contributed by atoms with Crippen molar-refractivity contribution in [2.75, 3.05) is 19.8 Å². The van der Waals surface area contributed by atoms with Crippen LogP contribution >= 0.6 is 0 Å². The number of rotatable bonds is 7. The largest absolute Gasteiger partial charge is 0.760 e. The second-order valence-electron chi connectivity index (χ2n) is 5.04. The van der Waals surface area contributed by atoms with Crippen LogP contribution in [-0.4, -0.2) is 33.7 Å². The minimum absolute atomic E-state index is 0.0795. The summed E-state index contributed by atoms with van der Waals surface area (Å²) < 4.78 is 55.7. The lowest BCUT2D eigenvalue weighted by atomic mass is 9.87. The van der Waals surface area contributed by atoms with Crippen LogP contribution in [0.3, 0.4) is 0 Å². The fraction of sp³-hybridized carbons (Fsp3) is 0.538. The first-order valence-corrected chi connectivity index (χ1v) is 7.58. The van der Waals surface area contributed by atoms with Crippen molar-refractivity contribution in [3.05, 3.63) is 34.9 Å². The van der Waals surface area contributed by atoms with E-state index in [4.69, 9.17) is 4.74 Å². The van der Waals surface area contributed by atoms with Gasteiger partial charge in [-0.1, -0.05) is 0 Å². The zero-order valence-corrected chi connectivity index (χ0v) is 12.0. The molecule has 1 heterocycles. The van der Waals surface area contributed by atoms with E-state index in [9.17, 15) is 22.6 Å². The van der Waals surface area contributed by atoms with Gasteiger partial charge < -0.3 is 14.4 Å². The summed E-state index contributed by atoms with van der Waals surface area (Å²) in [6, 6.07) is 1.99. The molecule has 0 amide bonds. The molecule has 2 unspecified atom stereocenters. The zero-order chi connectivity index (χ0) is 15.4. The van der Waals surface area contributed by atoms with Gasteiger partial charge in [-0.2, -0.15) is 0 Å².